The number of hydrogen-bond acceptors (Lipinski definition) is 4. The Morgan fingerprint density at radius 3 is 2.43 bits per heavy atom. The normalized spacial score (nSPS) is 12.3. The lowest BCUT2D eigenvalue weighted by Crippen LogP contribution is -2.44. The van der Waals surface area contributed by atoms with E-state index in [0.717, 1.165) is 17.4 Å². The van der Waals surface area contributed by atoms with Gasteiger partial charge in [0.05, 0.1) is 5.75 Å². The minimum atomic E-state index is -3.30. The predicted octanol–water partition coefficient (Wildman–Crippen LogP) is 3.13. The molecule has 0 aliphatic heterocycles. The van der Waals surface area contributed by atoms with E-state index in [1.807, 2.05) is 19.9 Å². The van der Waals surface area contributed by atoms with E-state index in [4.69, 9.17) is 11.6 Å². The van der Waals surface area contributed by atoms with Crippen molar-refractivity contribution >= 4 is 38.9 Å². The van der Waals surface area contributed by atoms with E-state index in [2.05, 4.69) is 10.6 Å². The van der Waals surface area contributed by atoms with Crippen LogP contribution in [0.1, 0.15) is 27.9 Å². The summed E-state index contributed by atoms with van der Waals surface area (Å²) in [5.41, 5.74) is 2.63. The number of aryl methyl sites for hydroxylation is 2. The number of amides is 2. The van der Waals surface area contributed by atoms with Crippen molar-refractivity contribution in [2.75, 3.05) is 17.3 Å². The van der Waals surface area contributed by atoms with Crippen LogP contribution in [0.2, 0.25) is 5.02 Å². The number of anilines is 1. The lowest BCUT2D eigenvalue weighted by Gasteiger charge is -2.19. The van der Waals surface area contributed by atoms with E-state index < -0.39 is 27.7 Å². The molecule has 0 fully saturated rings. The molecule has 0 heterocycles. The molecule has 28 heavy (non-hydrogen) atoms. The number of benzene rings is 2. The van der Waals surface area contributed by atoms with Crippen LogP contribution in [0, 0.1) is 13.8 Å². The van der Waals surface area contributed by atoms with Crippen LogP contribution in [-0.4, -0.2) is 38.3 Å². The average molecular weight is 423 g/mol. The molecule has 0 radical (unpaired) electrons. The second kappa shape index (κ2) is 9.21. The third-order valence-corrected chi connectivity index (χ3v) is 5.50. The molecule has 1 atom stereocenters. The van der Waals surface area contributed by atoms with Crippen molar-refractivity contribution < 1.29 is 18.0 Å². The third kappa shape index (κ3) is 6.65. The Balaban J connectivity index is 2.18. The zero-order valence-corrected chi connectivity index (χ0v) is 17.5. The Bertz CT molecular complexity index is 989. The summed E-state index contributed by atoms with van der Waals surface area (Å²) in [6.07, 6.45) is 1.05. The van der Waals surface area contributed by atoms with Gasteiger partial charge in [-0.3, -0.25) is 9.59 Å². The third-order valence-electron chi connectivity index (χ3n) is 4.12. The number of hydrogen-bond donors (Lipinski definition) is 2. The van der Waals surface area contributed by atoms with E-state index in [-0.39, 0.29) is 12.2 Å². The minimum Gasteiger partial charge on any atom is -0.340 e. The van der Waals surface area contributed by atoms with Crippen molar-refractivity contribution in [3.05, 3.63) is 64.2 Å². The molecule has 2 aromatic rings. The van der Waals surface area contributed by atoms with E-state index in [1.165, 1.54) is 0 Å². The molecular formula is C20H23ClN2O4S. The molecule has 0 unspecified atom stereocenters. The summed E-state index contributed by atoms with van der Waals surface area (Å²) in [6.45, 7) is 3.69. The van der Waals surface area contributed by atoms with Gasteiger partial charge in [-0.05, 0) is 50.1 Å². The lowest BCUT2D eigenvalue weighted by molar-refractivity contribution is -0.118. The Kier molecular flexibility index (Phi) is 7.21. The molecule has 0 aromatic heterocycles. The molecule has 0 saturated heterocycles. The standard InChI is InChI=1S/C20H23ClN2O4S/c1-13-5-4-6-15(11-13)19(24)23-18(9-10-28(3,26)27)20(25)22-16-8-7-14(2)17(21)12-16/h4-8,11-12,18H,9-10H2,1-3H3,(H,22,25)(H,23,24)/t18-/m0/s1. The number of nitrogens with one attached hydrogen (secondary N) is 2. The molecule has 0 aliphatic carbocycles. The van der Waals surface area contributed by atoms with E-state index in [9.17, 15) is 18.0 Å². The fraction of sp³-hybridized carbons (Fsp3) is 0.300. The summed E-state index contributed by atoms with van der Waals surface area (Å²) < 4.78 is 23.1. The molecule has 0 saturated carbocycles. The zero-order valence-electron chi connectivity index (χ0n) is 16.0. The Hall–Kier alpha value is -2.38. The summed E-state index contributed by atoms with van der Waals surface area (Å²) in [6, 6.07) is 11.0. The quantitative estimate of drug-likeness (QED) is 0.716. The van der Waals surface area contributed by atoms with E-state index in [1.54, 1.807) is 36.4 Å². The highest BCUT2D eigenvalue weighted by Gasteiger charge is 2.23. The molecule has 2 N–H and O–H groups in total. The first-order chi connectivity index (χ1) is 13.0. The molecule has 0 bridgehead atoms. The van der Waals surface area contributed by atoms with Crippen LogP contribution in [0.5, 0.6) is 0 Å². The Labute approximate surface area is 170 Å². The van der Waals surface area contributed by atoms with E-state index in [0.29, 0.717) is 16.3 Å². The second-order valence-electron chi connectivity index (χ2n) is 6.77. The highest BCUT2D eigenvalue weighted by molar-refractivity contribution is 7.90. The highest BCUT2D eigenvalue weighted by Crippen LogP contribution is 2.20. The molecule has 0 spiro atoms. The van der Waals surface area contributed by atoms with Crippen LogP contribution in [0.15, 0.2) is 42.5 Å². The highest BCUT2D eigenvalue weighted by atomic mass is 35.5. The Morgan fingerprint density at radius 2 is 1.82 bits per heavy atom. The van der Waals surface area contributed by atoms with Gasteiger partial charge in [0.15, 0.2) is 0 Å². The molecule has 6 nitrogen and oxygen atoms in total. The SMILES string of the molecule is Cc1cccc(C(=O)N[C@@H](CCS(C)(=O)=O)C(=O)Nc2ccc(C)c(Cl)c2)c1. The first-order valence-electron chi connectivity index (χ1n) is 8.67. The maximum Gasteiger partial charge on any atom is 0.251 e. The topological polar surface area (TPSA) is 92.3 Å². The predicted molar refractivity (Wildman–Crippen MR) is 112 cm³/mol. The lowest BCUT2D eigenvalue weighted by atomic mass is 10.1. The van der Waals surface area contributed by atoms with Gasteiger partial charge in [0, 0.05) is 22.5 Å². The van der Waals surface area contributed by atoms with Crippen LogP contribution in [0.4, 0.5) is 5.69 Å². The zero-order chi connectivity index (χ0) is 20.9. The largest absolute Gasteiger partial charge is 0.340 e. The minimum absolute atomic E-state index is 0.0399. The maximum absolute atomic E-state index is 12.7. The van der Waals surface area contributed by atoms with Gasteiger partial charge in [-0.2, -0.15) is 0 Å². The van der Waals surface area contributed by atoms with Gasteiger partial charge >= 0.3 is 0 Å². The smallest absolute Gasteiger partial charge is 0.251 e. The summed E-state index contributed by atoms with van der Waals surface area (Å²) in [7, 11) is -3.30. The summed E-state index contributed by atoms with van der Waals surface area (Å²) >= 11 is 6.08. The second-order valence-corrected chi connectivity index (χ2v) is 9.43. The van der Waals surface area contributed by atoms with Gasteiger partial charge < -0.3 is 10.6 Å². The number of sulfone groups is 1. The molecular weight excluding hydrogens is 400 g/mol. The number of carbonyl (C=O) groups excluding carboxylic acids is 2. The van der Waals surface area contributed by atoms with Crippen LogP contribution < -0.4 is 10.6 Å². The van der Waals surface area contributed by atoms with Gasteiger partial charge in [0.2, 0.25) is 5.91 Å². The van der Waals surface area contributed by atoms with Crippen LogP contribution in [0.3, 0.4) is 0 Å². The number of halogens is 1. The van der Waals surface area contributed by atoms with Crippen molar-refractivity contribution in [3.8, 4) is 0 Å². The summed E-state index contributed by atoms with van der Waals surface area (Å²) in [5, 5.41) is 5.81. The van der Waals surface area contributed by atoms with Gasteiger partial charge in [0.25, 0.3) is 5.91 Å². The van der Waals surface area contributed by atoms with Gasteiger partial charge in [-0.1, -0.05) is 35.4 Å². The van der Waals surface area contributed by atoms with Crippen molar-refractivity contribution in [2.24, 2.45) is 0 Å². The fourth-order valence-electron chi connectivity index (χ4n) is 2.53. The monoisotopic (exact) mass is 422 g/mol. The van der Waals surface area contributed by atoms with Crippen molar-refractivity contribution in [2.45, 2.75) is 26.3 Å². The Morgan fingerprint density at radius 1 is 1.11 bits per heavy atom. The van der Waals surface area contributed by atoms with Crippen molar-refractivity contribution in [1.29, 1.82) is 0 Å². The maximum atomic E-state index is 12.7. The molecule has 2 amide bonds. The van der Waals surface area contributed by atoms with Gasteiger partial charge in [-0.25, -0.2) is 8.42 Å². The van der Waals surface area contributed by atoms with Crippen molar-refractivity contribution in [1.82, 2.24) is 5.32 Å². The molecule has 150 valence electrons. The molecule has 2 rings (SSSR count). The van der Waals surface area contributed by atoms with Crippen LogP contribution >= 0.6 is 11.6 Å². The molecule has 2 aromatic carbocycles. The van der Waals surface area contributed by atoms with Crippen LogP contribution in [-0.2, 0) is 14.6 Å². The summed E-state index contributed by atoms with van der Waals surface area (Å²) in [5.74, 6) is -1.18. The first-order valence-corrected chi connectivity index (χ1v) is 11.1. The van der Waals surface area contributed by atoms with Gasteiger partial charge in [0.1, 0.15) is 15.9 Å². The molecule has 0 aliphatic rings. The number of rotatable bonds is 7. The van der Waals surface area contributed by atoms with Gasteiger partial charge in [-0.15, -0.1) is 0 Å². The first kappa shape index (κ1) is 21.9. The van der Waals surface area contributed by atoms with Crippen molar-refractivity contribution in [3.63, 3.8) is 0 Å². The van der Waals surface area contributed by atoms with E-state index >= 15 is 0 Å². The average Bonchev–Trinajstić information content (AvgIpc) is 2.60. The van der Waals surface area contributed by atoms with Crippen LogP contribution in [0.25, 0.3) is 0 Å². The number of carbonyl (C=O) groups is 2. The fourth-order valence-corrected chi connectivity index (χ4v) is 3.37. The summed E-state index contributed by atoms with van der Waals surface area (Å²) in [4.78, 5) is 25.2. The molecule has 8 heteroatoms.